The molecule has 0 aliphatic carbocycles. The third-order valence-electron chi connectivity index (χ3n) is 2.62. The third kappa shape index (κ3) is 4.41. The Morgan fingerprint density at radius 3 is 2.33 bits per heavy atom. The lowest BCUT2D eigenvalue weighted by atomic mass is 10.1. The first-order valence-electron chi connectivity index (χ1n) is 6.12. The van der Waals surface area contributed by atoms with Gasteiger partial charge in [-0.25, -0.2) is 0 Å². The lowest BCUT2D eigenvalue weighted by Gasteiger charge is -2.24. The van der Waals surface area contributed by atoms with Gasteiger partial charge >= 0.3 is 5.97 Å². The zero-order chi connectivity index (χ0) is 16.2. The van der Waals surface area contributed by atoms with Gasteiger partial charge in [0.15, 0.2) is 0 Å². The first kappa shape index (κ1) is 16.3. The number of aliphatic carboxylic acids is 1. The van der Waals surface area contributed by atoms with Gasteiger partial charge in [0, 0.05) is 12.6 Å². The Balaban J connectivity index is 3.31. The summed E-state index contributed by atoms with van der Waals surface area (Å²) in [5.41, 5.74) is -0.835. The molecule has 0 heterocycles. The fourth-order valence-corrected chi connectivity index (χ4v) is 1.89. The van der Waals surface area contributed by atoms with Crippen molar-refractivity contribution in [1.29, 1.82) is 0 Å². The van der Waals surface area contributed by atoms with E-state index in [9.17, 15) is 25.0 Å². The van der Waals surface area contributed by atoms with Crippen LogP contribution >= 0.6 is 0 Å². The van der Waals surface area contributed by atoms with Crippen LogP contribution in [0.1, 0.15) is 13.8 Å². The molecule has 114 valence electrons. The second-order valence-electron chi connectivity index (χ2n) is 4.86. The molecule has 0 fully saturated rings. The average molecular weight is 297 g/mol. The first-order valence-corrected chi connectivity index (χ1v) is 6.12. The maximum Gasteiger partial charge on any atom is 0.323 e. The minimum absolute atomic E-state index is 0.0571. The van der Waals surface area contributed by atoms with Crippen molar-refractivity contribution in [1.82, 2.24) is 0 Å². The first-order chi connectivity index (χ1) is 9.72. The molecule has 9 nitrogen and oxygen atoms in total. The van der Waals surface area contributed by atoms with E-state index in [4.69, 9.17) is 5.11 Å². The van der Waals surface area contributed by atoms with Gasteiger partial charge in [-0.05, 0) is 12.0 Å². The van der Waals surface area contributed by atoms with Gasteiger partial charge in [-0.3, -0.25) is 25.0 Å². The summed E-state index contributed by atoms with van der Waals surface area (Å²) >= 11 is 0. The van der Waals surface area contributed by atoms with Gasteiger partial charge in [0.05, 0.1) is 15.9 Å². The fourth-order valence-electron chi connectivity index (χ4n) is 1.89. The largest absolute Gasteiger partial charge is 0.480 e. The molecule has 0 radical (unpaired) electrons. The van der Waals surface area contributed by atoms with Gasteiger partial charge in [0.1, 0.15) is 12.2 Å². The van der Waals surface area contributed by atoms with Crippen molar-refractivity contribution in [3.63, 3.8) is 0 Å². The Morgan fingerprint density at radius 1 is 1.29 bits per heavy atom. The number of carboxylic acids is 1. The number of nitro benzene ring substituents is 2. The van der Waals surface area contributed by atoms with Gasteiger partial charge < -0.3 is 10.0 Å². The van der Waals surface area contributed by atoms with E-state index in [1.165, 1.54) is 11.0 Å². The van der Waals surface area contributed by atoms with Crippen molar-refractivity contribution in [3.05, 3.63) is 38.4 Å². The summed E-state index contributed by atoms with van der Waals surface area (Å²) in [5, 5.41) is 30.7. The van der Waals surface area contributed by atoms with Crippen LogP contribution in [0, 0.1) is 26.1 Å². The predicted molar refractivity (Wildman–Crippen MR) is 74.4 cm³/mol. The fraction of sp³-hybridized carbons (Fsp3) is 0.417. The minimum atomic E-state index is -1.14. The second-order valence-corrected chi connectivity index (χ2v) is 4.86. The number of hydrogen-bond acceptors (Lipinski definition) is 6. The number of carboxylic acid groups (broad SMARTS) is 1. The summed E-state index contributed by atoms with van der Waals surface area (Å²) in [6.45, 7) is 3.54. The maximum atomic E-state index is 11.1. The van der Waals surface area contributed by atoms with Crippen molar-refractivity contribution >= 4 is 23.0 Å². The summed E-state index contributed by atoms with van der Waals surface area (Å²) < 4.78 is 0. The lowest BCUT2D eigenvalue weighted by Crippen LogP contribution is -2.33. The lowest BCUT2D eigenvalue weighted by molar-refractivity contribution is -0.393. The Morgan fingerprint density at radius 2 is 1.90 bits per heavy atom. The smallest absolute Gasteiger partial charge is 0.323 e. The summed E-state index contributed by atoms with van der Waals surface area (Å²) in [5.74, 6) is -1.07. The summed E-state index contributed by atoms with van der Waals surface area (Å²) in [4.78, 5) is 32.5. The van der Waals surface area contributed by atoms with Crippen LogP contribution in [0.2, 0.25) is 0 Å². The number of nitro groups is 2. The van der Waals surface area contributed by atoms with Crippen LogP contribution in [0.4, 0.5) is 17.1 Å². The molecular formula is C12H15N3O6. The highest BCUT2D eigenvalue weighted by Crippen LogP contribution is 2.32. The number of rotatable bonds is 7. The highest BCUT2D eigenvalue weighted by Gasteiger charge is 2.25. The van der Waals surface area contributed by atoms with E-state index in [1.54, 1.807) is 0 Å². The van der Waals surface area contributed by atoms with Crippen LogP contribution in [0.3, 0.4) is 0 Å². The third-order valence-corrected chi connectivity index (χ3v) is 2.62. The molecule has 0 aromatic heterocycles. The average Bonchev–Trinajstić information content (AvgIpc) is 2.35. The molecular weight excluding hydrogens is 282 g/mol. The molecule has 1 rings (SSSR count). The number of benzene rings is 1. The number of non-ortho nitro benzene ring substituents is 1. The summed E-state index contributed by atoms with van der Waals surface area (Å²) in [6.07, 6.45) is 0. The van der Waals surface area contributed by atoms with Crippen molar-refractivity contribution in [2.24, 2.45) is 5.92 Å². The minimum Gasteiger partial charge on any atom is -0.480 e. The van der Waals surface area contributed by atoms with Gasteiger partial charge in [0.25, 0.3) is 11.4 Å². The number of carbonyl (C=O) groups is 1. The van der Waals surface area contributed by atoms with E-state index in [-0.39, 0.29) is 18.2 Å². The Bertz CT molecular complexity index is 572. The SMILES string of the molecule is CC(C)CN(CC(=O)O)c1ccc([N+](=O)[O-])cc1[N+](=O)[O-]. The van der Waals surface area contributed by atoms with Crippen LogP contribution < -0.4 is 4.90 Å². The summed E-state index contributed by atoms with van der Waals surface area (Å²) in [6, 6.07) is 3.17. The molecule has 0 atom stereocenters. The highest BCUT2D eigenvalue weighted by atomic mass is 16.6. The van der Waals surface area contributed by atoms with Crippen molar-refractivity contribution in [2.75, 3.05) is 18.0 Å². The number of anilines is 1. The van der Waals surface area contributed by atoms with E-state index < -0.39 is 33.7 Å². The van der Waals surface area contributed by atoms with E-state index in [0.29, 0.717) is 0 Å². The maximum absolute atomic E-state index is 11.1. The zero-order valence-electron chi connectivity index (χ0n) is 11.6. The second kappa shape index (κ2) is 6.64. The highest BCUT2D eigenvalue weighted by molar-refractivity contribution is 5.77. The van der Waals surface area contributed by atoms with Crippen LogP contribution in [-0.4, -0.2) is 34.0 Å². The molecule has 9 heteroatoms. The standard InChI is InChI=1S/C12H15N3O6/c1-8(2)6-13(7-12(16)17)10-4-3-9(14(18)19)5-11(10)15(20)21/h3-5,8H,6-7H2,1-2H3,(H,16,17). The molecule has 1 N–H and O–H groups in total. The number of nitrogens with zero attached hydrogens (tertiary/aromatic N) is 3. The monoisotopic (exact) mass is 297 g/mol. The Kier molecular flexibility index (Phi) is 5.17. The van der Waals surface area contributed by atoms with E-state index in [2.05, 4.69) is 0 Å². The molecule has 1 aromatic carbocycles. The number of hydrogen-bond donors (Lipinski definition) is 1. The summed E-state index contributed by atoms with van der Waals surface area (Å²) in [7, 11) is 0. The van der Waals surface area contributed by atoms with Crippen LogP contribution in [-0.2, 0) is 4.79 Å². The zero-order valence-corrected chi connectivity index (χ0v) is 11.6. The van der Waals surface area contributed by atoms with Crippen molar-refractivity contribution in [3.8, 4) is 0 Å². The van der Waals surface area contributed by atoms with Gasteiger partial charge in [-0.15, -0.1) is 0 Å². The van der Waals surface area contributed by atoms with E-state index in [1.807, 2.05) is 13.8 Å². The van der Waals surface area contributed by atoms with Gasteiger partial charge in [0.2, 0.25) is 0 Å². The molecule has 0 saturated heterocycles. The molecule has 0 aliphatic rings. The Labute approximate surface area is 120 Å². The molecule has 0 spiro atoms. The molecule has 0 amide bonds. The molecule has 0 saturated carbocycles. The van der Waals surface area contributed by atoms with Crippen LogP contribution in [0.5, 0.6) is 0 Å². The van der Waals surface area contributed by atoms with Gasteiger partial charge in [-0.2, -0.15) is 0 Å². The molecule has 0 unspecified atom stereocenters. The van der Waals surface area contributed by atoms with E-state index >= 15 is 0 Å². The van der Waals surface area contributed by atoms with Crippen molar-refractivity contribution in [2.45, 2.75) is 13.8 Å². The van der Waals surface area contributed by atoms with Crippen molar-refractivity contribution < 1.29 is 19.7 Å². The molecule has 0 aliphatic heterocycles. The Hall–Kier alpha value is -2.71. The van der Waals surface area contributed by atoms with Gasteiger partial charge in [-0.1, -0.05) is 13.8 Å². The predicted octanol–water partition coefficient (Wildman–Crippen LogP) is 2.05. The topological polar surface area (TPSA) is 127 Å². The van der Waals surface area contributed by atoms with Crippen LogP contribution in [0.25, 0.3) is 0 Å². The van der Waals surface area contributed by atoms with E-state index in [0.717, 1.165) is 12.1 Å². The van der Waals surface area contributed by atoms with Crippen LogP contribution in [0.15, 0.2) is 18.2 Å². The molecule has 1 aromatic rings. The quantitative estimate of drug-likeness (QED) is 0.602. The normalized spacial score (nSPS) is 10.4. The molecule has 0 bridgehead atoms. The molecule has 21 heavy (non-hydrogen) atoms.